The number of fused-ring (bicyclic) bond motifs is 2. The number of carbonyl (C=O) groups excluding carboxylic acids is 1. The Labute approximate surface area is 153 Å². The van der Waals surface area contributed by atoms with E-state index in [-0.39, 0.29) is 18.1 Å². The lowest BCUT2D eigenvalue weighted by atomic mass is 10.0. The minimum absolute atomic E-state index is 0.0141. The molecule has 0 saturated carbocycles. The lowest BCUT2D eigenvalue weighted by Gasteiger charge is -2.10. The van der Waals surface area contributed by atoms with Crippen LogP contribution in [0.2, 0.25) is 0 Å². The molecule has 1 amide bonds. The summed E-state index contributed by atoms with van der Waals surface area (Å²) >= 11 is 0. The molecule has 136 valence electrons. The molecule has 0 spiro atoms. The van der Waals surface area contributed by atoms with Crippen molar-refractivity contribution < 1.29 is 14.3 Å². The number of aromatic nitrogens is 2. The number of aromatic hydroxyl groups is 1. The molecule has 0 unspecified atom stereocenters. The van der Waals surface area contributed by atoms with Gasteiger partial charge in [-0.15, -0.1) is 0 Å². The number of nitrogens with one attached hydrogen (secondary N) is 2. The quantitative estimate of drug-likeness (QED) is 0.485. The molecular formula is C20H17N3O4. The highest BCUT2D eigenvalue weighted by Crippen LogP contribution is 2.25. The Bertz CT molecular complexity index is 1250. The summed E-state index contributed by atoms with van der Waals surface area (Å²) in [7, 11) is 0. The number of nitrogens with zero attached hydrogens (tertiary/aromatic N) is 1. The molecule has 0 aliphatic heterocycles. The topological polar surface area (TPSA) is 108 Å². The van der Waals surface area contributed by atoms with Gasteiger partial charge in [-0.25, -0.2) is 4.79 Å². The van der Waals surface area contributed by atoms with Crippen LogP contribution in [0.25, 0.3) is 21.9 Å². The van der Waals surface area contributed by atoms with Crippen LogP contribution in [-0.4, -0.2) is 21.2 Å². The first-order valence-electron chi connectivity index (χ1n) is 8.41. The molecule has 3 N–H and O–H groups in total. The maximum absolute atomic E-state index is 12.5. The molecule has 7 heteroatoms. The van der Waals surface area contributed by atoms with Gasteiger partial charge in [0.05, 0.1) is 23.7 Å². The number of phenols is 1. The molecule has 0 fully saturated rings. The minimum atomic E-state index is -0.582. The Morgan fingerprint density at radius 2 is 2.07 bits per heavy atom. The van der Waals surface area contributed by atoms with Gasteiger partial charge in [-0.3, -0.25) is 9.89 Å². The molecule has 0 saturated heterocycles. The molecule has 0 radical (unpaired) electrons. The molecule has 4 rings (SSSR count). The third-order valence-electron chi connectivity index (χ3n) is 4.67. The van der Waals surface area contributed by atoms with Gasteiger partial charge in [0.15, 0.2) is 0 Å². The van der Waals surface area contributed by atoms with Crippen molar-refractivity contribution in [1.82, 2.24) is 10.2 Å². The number of aromatic amines is 1. The van der Waals surface area contributed by atoms with Gasteiger partial charge in [0, 0.05) is 22.5 Å². The van der Waals surface area contributed by atoms with Crippen molar-refractivity contribution in [2.75, 3.05) is 5.32 Å². The summed E-state index contributed by atoms with van der Waals surface area (Å²) in [6.07, 6.45) is 1.61. The molecule has 0 aliphatic carbocycles. The Morgan fingerprint density at radius 3 is 2.89 bits per heavy atom. The van der Waals surface area contributed by atoms with Crippen molar-refractivity contribution in [3.63, 3.8) is 0 Å². The highest BCUT2D eigenvalue weighted by molar-refractivity contribution is 5.96. The van der Waals surface area contributed by atoms with Gasteiger partial charge in [-0.1, -0.05) is 0 Å². The summed E-state index contributed by atoms with van der Waals surface area (Å²) in [5.41, 5.74) is 3.04. The van der Waals surface area contributed by atoms with E-state index in [4.69, 9.17) is 4.42 Å². The van der Waals surface area contributed by atoms with Crippen LogP contribution >= 0.6 is 0 Å². The first-order valence-corrected chi connectivity index (χ1v) is 8.41. The van der Waals surface area contributed by atoms with Crippen molar-refractivity contribution in [2.24, 2.45) is 0 Å². The summed E-state index contributed by atoms with van der Waals surface area (Å²) in [4.78, 5) is 24.9. The van der Waals surface area contributed by atoms with Gasteiger partial charge < -0.3 is 14.8 Å². The molecule has 2 heterocycles. The number of amides is 1. The van der Waals surface area contributed by atoms with Crippen LogP contribution in [0.4, 0.5) is 5.69 Å². The van der Waals surface area contributed by atoms with Crippen LogP contribution in [0.15, 0.2) is 45.7 Å². The van der Waals surface area contributed by atoms with Gasteiger partial charge in [-0.2, -0.15) is 5.10 Å². The second kappa shape index (κ2) is 6.28. The van der Waals surface area contributed by atoms with E-state index in [0.29, 0.717) is 27.8 Å². The van der Waals surface area contributed by atoms with Gasteiger partial charge in [0.1, 0.15) is 11.3 Å². The average molecular weight is 363 g/mol. The number of rotatable bonds is 3. The zero-order valence-electron chi connectivity index (χ0n) is 14.8. The first-order chi connectivity index (χ1) is 12.9. The van der Waals surface area contributed by atoms with Crippen LogP contribution in [0.1, 0.15) is 16.7 Å². The number of hydrogen-bond donors (Lipinski definition) is 3. The number of anilines is 1. The van der Waals surface area contributed by atoms with Crippen molar-refractivity contribution >= 4 is 33.5 Å². The van der Waals surface area contributed by atoms with Crippen molar-refractivity contribution in [2.45, 2.75) is 20.3 Å². The van der Waals surface area contributed by atoms with Crippen molar-refractivity contribution in [1.29, 1.82) is 0 Å². The number of H-pyrrole nitrogens is 1. The number of hydrogen-bond acceptors (Lipinski definition) is 5. The fraction of sp³-hybridized carbons (Fsp3) is 0.150. The number of benzene rings is 2. The van der Waals surface area contributed by atoms with Crippen LogP contribution in [0.5, 0.6) is 5.75 Å². The minimum Gasteiger partial charge on any atom is -0.508 e. The Morgan fingerprint density at radius 1 is 1.26 bits per heavy atom. The van der Waals surface area contributed by atoms with Crippen LogP contribution in [-0.2, 0) is 11.2 Å². The van der Waals surface area contributed by atoms with Crippen LogP contribution in [0, 0.1) is 13.8 Å². The molecule has 0 bridgehead atoms. The van der Waals surface area contributed by atoms with E-state index < -0.39 is 5.63 Å². The van der Waals surface area contributed by atoms with E-state index >= 15 is 0 Å². The second-order valence-electron chi connectivity index (χ2n) is 6.52. The normalized spacial score (nSPS) is 11.2. The molecule has 0 aliphatic rings. The lowest BCUT2D eigenvalue weighted by Crippen LogP contribution is -2.21. The second-order valence-corrected chi connectivity index (χ2v) is 6.52. The highest BCUT2D eigenvalue weighted by atomic mass is 16.4. The highest BCUT2D eigenvalue weighted by Gasteiger charge is 2.16. The van der Waals surface area contributed by atoms with E-state index in [2.05, 4.69) is 15.5 Å². The Hall–Kier alpha value is -3.61. The smallest absolute Gasteiger partial charge is 0.340 e. The largest absolute Gasteiger partial charge is 0.508 e. The summed E-state index contributed by atoms with van der Waals surface area (Å²) < 4.78 is 5.27. The van der Waals surface area contributed by atoms with Crippen LogP contribution in [0.3, 0.4) is 0 Å². The van der Waals surface area contributed by atoms with E-state index in [1.54, 1.807) is 19.2 Å². The Balaban J connectivity index is 1.65. The van der Waals surface area contributed by atoms with Crippen molar-refractivity contribution in [3.8, 4) is 5.75 Å². The molecule has 4 aromatic rings. The van der Waals surface area contributed by atoms with Gasteiger partial charge in [0.25, 0.3) is 0 Å². The van der Waals surface area contributed by atoms with Gasteiger partial charge in [0.2, 0.25) is 5.91 Å². The first kappa shape index (κ1) is 16.8. The molecule has 2 aromatic carbocycles. The zero-order valence-corrected chi connectivity index (χ0v) is 14.8. The van der Waals surface area contributed by atoms with Crippen molar-refractivity contribution in [3.05, 3.63) is 63.6 Å². The van der Waals surface area contributed by atoms with E-state index in [1.165, 1.54) is 12.1 Å². The molecule has 7 nitrogen and oxygen atoms in total. The fourth-order valence-electron chi connectivity index (χ4n) is 3.18. The summed E-state index contributed by atoms with van der Waals surface area (Å²) in [6.45, 7) is 3.66. The van der Waals surface area contributed by atoms with Crippen LogP contribution < -0.4 is 10.9 Å². The number of phenolic OH excluding ortho intramolecular Hbond substituents is 1. The molecule has 2 aromatic heterocycles. The van der Waals surface area contributed by atoms with Gasteiger partial charge >= 0.3 is 5.63 Å². The van der Waals surface area contributed by atoms with Gasteiger partial charge in [-0.05, 0) is 49.2 Å². The molecule has 0 atom stereocenters. The summed E-state index contributed by atoms with van der Waals surface area (Å²) in [6, 6.07) is 8.31. The standard InChI is InChI=1S/C20H17N3O4/c1-10-5-12-9-21-23-17(12)8-16(10)22-19(25)7-15-11(2)14-4-3-13(24)6-18(14)27-20(15)26/h3-6,8-9,24H,7H2,1-2H3,(H,21,23)(H,22,25). The third-order valence-corrected chi connectivity index (χ3v) is 4.67. The van der Waals surface area contributed by atoms with E-state index in [0.717, 1.165) is 16.5 Å². The monoisotopic (exact) mass is 363 g/mol. The predicted molar refractivity (Wildman–Crippen MR) is 102 cm³/mol. The fourth-order valence-corrected chi connectivity index (χ4v) is 3.18. The average Bonchev–Trinajstić information content (AvgIpc) is 3.05. The molecular weight excluding hydrogens is 346 g/mol. The summed E-state index contributed by atoms with van der Waals surface area (Å²) in [5.74, 6) is -0.300. The maximum Gasteiger partial charge on any atom is 0.340 e. The summed E-state index contributed by atoms with van der Waals surface area (Å²) in [5, 5.41) is 20.9. The Kier molecular flexibility index (Phi) is 3.92. The lowest BCUT2D eigenvalue weighted by molar-refractivity contribution is -0.115. The maximum atomic E-state index is 12.5. The number of aryl methyl sites for hydroxylation is 2. The molecule has 27 heavy (non-hydrogen) atoms. The third kappa shape index (κ3) is 3.03. The number of carbonyl (C=O) groups is 1. The zero-order chi connectivity index (χ0) is 19.1. The SMILES string of the molecule is Cc1cc2cn[nH]c2cc1NC(=O)Cc1c(C)c2ccc(O)cc2oc1=O. The van der Waals surface area contributed by atoms with E-state index in [1.807, 2.05) is 19.1 Å². The van der Waals surface area contributed by atoms with E-state index in [9.17, 15) is 14.7 Å². The predicted octanol–water partition coefficient (Wildman–Crippen LogP) is 3.17.